The second kappa shape index (κ2) is 5.40. The SMILES string of the molecule is COC1(C(N)C2=COCCC2)CCCC(C)C1. The Hall–Kier alpha value is -0.540. The molecule has 3 heteroatoms. The molecule has 0 aromatic carbocycles. The van der Waals surface area contributed by atoms with Gasteiger partial charge in [0.2, 0.25) is 0 Å². The van der Waals surface area contributed by atoms with Crippen LogP contribution in [0.5, 0.6) is 0 Å². The molecule has 98 valence electrons. The zero-order valence-corrected chi connectivity index (χ0v) is 11.1. The third kappa shape index (κ3) is 2.66. The summed E-state index contributed by atoms with van der Waals surface area (Å²) in [4.78, 5) is 0. The topological polar surface area (TPSA) is 44.5 Å². The predicted molar refractivity (Wildman–Crippen MR) is 68.6 cm³/mol. The van der Waals surface area contributed by atoms with Crippen LogP contribution in [0.1, 0.15) is 45.4 Å². The Morgan fingerprint density at radius 2 is 2.35 bits per heavy atom. The molecule has 1 aliphatic carbocycles. The summed E-state index contributed by atoms with van der Waals surface area (Å²) in [6.07, 6.45) is 8.67. The van der Waals surface area contributed by atoms with Crippen molar-refractivity contribution >= 4 is 0 Å². The van der Waals surface area contributed by atoms with Crippen molar-refractivity contribution in [3.05, 3.63) is 11.8 Å². The number of hydrogen-bond donors (Lipinski definition) is 1. The summed E-state index contributed by atoms with van der Waals surface area (Å²) in [6.45, 7) is 3.12. The maximum atomic E-state index is 6.46. The van der Waals surface area contributed by atoms with E-state index < -0.39 is 0 Å². The molecule has 1 aliphatic heterocycles. The normalized spacial score (nSPS) is 35.9. The molecular weight excluding hydrogens is 214 g/mol. The van der Waals surface area contributed by atoms with Crippen LogP contribution in [0.25, 0.3) is 0 Å². The molecule has 0 radical (unpaired) electrons. The van der Waals surface area contributed by atoms with Crippen molar-refractivity contribution in [3.8, 4) is 0 Å². The lowest BCUT2D eigenvalue weighted by molar-refractivity contribution is -0.0647. The van der Waals surface area contributed by atoms with Gasteiger partial charge in [0, 0.05) is 7.11 Å². The van der Waals surface area contributed by atoms with Crippen molar-refractivity contribution in [3.63, 3.8) is 0 Å². The largest absolute Gasteiger partial charge is 0.501 e. The maximum absolute atomic E-state index is 6.46. The zero-order chi connectivity index (χ0) is 12.3. The van der Waals surface area contributed by atoms with Crippen LogP contribution in [0.2, 0.25) is 0 Å². The molecule has 1 heterocycles. The Labute approximate surface area is 104 Å². The summed E-state index contributed by atoms with van der Waals surface area (Å²) in [6, 6.07) is -0.00412. The molecule has 2 aliphatic rings. The fraction of sp³-hybridized carbons (Fsp3) is 0.857. The lowest BCUT2D eigenvalue weighted by Crippen LogP contribution is -2.53. The fourth-order valence-electron chi connectivity index (χ4n) is 3.29. The third-order valence-electron chi connectivity index (χ3n) is 4.33. The highest BCUT2D eigenvalue weighted by atomic mass is 16.5. The maximum Gasteiger partial charge on any atom is 0.0876 e. The van der Waals surface area contributed by atoms with Gasteiger partial charge in [0.15, 0.2) is 0 Å². The molecule has 3 atom stereocenters. The smallest absolute Gasteiger partial charge is 0.0876 e. The Bertz CT molecular complexity index is 290. The van der Waals surface area contributed by atoms with Gasteiger partial charge in [-0.3, -0.25) is 0 Å². The molecule has 0 amide bonds. The highest BCUT2D eigenvalue weighted by Crippen LogP contribution is 2.39. The second-order valence-electron chi connectivity index (χ2n) is 5.62. The van der Waals surface area contributed by atoms with E-state index >= 15 is 0 Å². The first-order valence-electron chi connectivity index (χ1n) is 6.79. The lowest BCUT2D eigenvalue weighted by atomic mass is 9.72. The van der Waals surface area contributed by atoms with Gasteiger partial charge in [0.25, 0.3) is 0 Å². The fourth-order valence-corrected chi connectivity index (χ4v) is 3.29. The summed E-state index contributed by atoms with van der Waals surface area (Å²) in [5.41, 5.74) is 7.52. The van der Waals surface area contributed by atoms with Crippen molar-refractivity contribution in [1.29, 1.82) is 0 Å². The highest BCUT2D eigenvalue weighted by molar-refractivity contribution is 5.17. The van der Waals surface area contributed by atoms with Crippen molar-refractivity contribution in [2.75, 3.05) is 13.7 Å². The molecule has 1 saturated carbocycles. The van der Waals surface area contributed by atoms with Crippen molar-refractivity contribution < 1.29 is 9.47 Å². The van der Waals surface area contributed by atoms with Crippen LogP contribution in [-0.2, 0) is 9.47 Å². The van der Waals surface area contributed by atoms with E-state index in [1.165, 1.54) is 18.4 Å². The van der Waals surface area contributed by atoms with Crippen LogP contribution in [-0.4, -0.2) is 25.4 Å². The number of methoxy groups -OCH3 is 1. The first kappa shape index (κ1) is 12.9. The Balaban J connectivity index is 2.13. The van der Waals surface area contributed by atoms with E-state index in [4.69, 9.17) is 15.2 Å². The van der Waals surface area contributed by atoms with E-state index in [2.05, 4.69) is 6.92 Å². The summed E-state index contributed by atoms with van der Waals surface area (Å²) < 4.78 is 11.3. The average Bonchev–Trinajstić information content (AvgIpc) is 2.38. The molecular formula is C14H25NO2. The zero-order valence-electron chi connectivity index (χ0n) is 11.1. The molecule has 1 fully saturated rings. The quantitative estimate of drug-likeness (QED) is 0.823. The van der Waals surface area contributed by atoms with E-state index in [1.807, 2.05) is 13.4 Å². The van der Waals surface area contributed by atoms with Crippen LogP contribution in [0.4, 0.5) is 0 Å². The second-order valence-corrected chi connectivity index (χ2v) is 5.62. The van der Waals surface area contributed by atoms with E-state index in [1.54, 1.807) is 0 Å². The van der Waals surface area contributed by atoms with E-state index in [0.29, 0.717) is 5.92 Å². The molecule has 0 saturated heterocycles. The summed E-state index contributed by atoms with van der Waals surface area (Å²) in [5.74, 6) is 0.708. The van der Waals surface area contributed by atoms with Gasteiger partial charge in [0.1, 0.15) is 0 Å². The summed E-state index contributed by atoms with van der Waals surface area (Å²) in [7, 11) is 1.81. The van der Waals surface area contributed by atoms with Gasteiger partial charge in [-0.1, -0.05) is 19.8 Å². The third-order valence-corrected chi connectivity index (χ3v) is 4.33. The van der Waals surface area contributed by atoms with Crippen LogP contribution in [0.15, 0.2) is 11.8 Å². The van der Waals surface area contributed by atoms with Crippen molar-refractivity contribution in [2.24, 2.45) is 11.7 Å². The van der Waals surface area contributed by atoms with Crippen molar-refractivity contribution in [2.45, 2.75) is 57.1 Å². The molecule has 2 N–H and O–H groups in total. The van der Waals surface area contributed by atoms with Gasteiger partial charge in [0.05, 0.1) is 24.5 Å². The molecule has 17 heavy (non-hydrogen) atoms. The van der Waals surface area contributed by atoms with Crippen LogP contribution < -0.4 is 5.73 Å². The summed E-state index contributed by atoms with van der Waals surface area (Å²) >= 11 is 0. The Kier molecular flexibility index (Phi) is 4.10. The predicted octanol–water partition coefficient (Wildman–Crippen LogP) is 2.60. The van der Waals surface area contributed by atoms with Gasteiger partial charge < -0.3 is 15.2 Å². The number of hydrogen-bond acceptors (Lipinski definition) is 3. The molecule has 0 bridgehead atoms. The van der Waals surface area contributed by atoms with Gasteiger partial charge in [-0.25, -0.2) is 0 Å². The molecule has 3 nitrogen and oxygen atoms in total. The van der Waals surface area contributed by atoms with Gasteiger partial charge >= 0.3 is 0 Å². The van der Waals surface area contributed by atoms with Gasteiger partial charge in [-0.15, -0.1) is 0 Å². The highest BCUT2D eigenvalue weighted by Gasteiger charge is 2.42. The van der Waals surface area contributed by atoms with E-state index in [9.17, 15) is 0 Å². The van der Waals surface area contributed by atoms with Gasteiger partial charge in [-0.2, -0.15) is 0 Å². The van der Waals surface area contributed by atoms with Crippen molar-refractivity contribution in [1.82, 2.24) is 0 Å². The molecule has 3 unspecified atom stereocenters. The van der Waals surface area contributed by atoms with Crippen LogP contribution >= 0.6 is 0 Å². The molecule has 0 aromatic rings. The van der Waals surface area contributed by atoms with E-state index in [0.717, 1.165) is 32.3 Å². The summed E-state index contributed by atoms with van der Waals surface area (Å²) in [5, 5.41) is 0. The first-order chi connectivity index (χ1) is 8.18. The number of ether oxygens (including phenoxy) is 2. The van der Waals surface area contributed by atoms with Gasteiger partial charge in [-0.05, 0) is 37.2 Å². The monoisotopic (exact) mass is 239 g/mol. The Morgan fingerprint density at radius 3 is 2.94 bits per heavy atom. The average molecular weight is 239 g/mol. The lowest BCUT2D eigenvalue weighted by Gasteiger charge is -2.44. The minimum absolute atomic E-state index is 0.00412. The minimum Gasteiger partial charge on any atom is -0.501 e. The number of rotatable bonds is 3. The Morgan fingerprint density at radius 1 is 1.53 bits per heavy atom. The van der Waals surface area contributed by atoms with Crippen LogP contribution in [0, 0.1) is 5.92 Å². The first-order valence-corrected chi connectivity index (χ1v) is 6.79. The molecule has 2 rings (SSSR count). The van der Waals surface area contributed by atoms with Crippen LogP contribution in [0.3, 0.4) is 0 Å². The minimum atomic E-state index is -0.163. The molecule has 0 spiro atoms. The number of nitrogens with two attached hydrogens (primary N) is 1. The molecule has 0 aromatic heterocycles. The standard InChI is InChI=1S/C14H25NO2/c1-11-5-3-7-14(9-11,16-2)13(15)12-6-4-8-17-10-12/h10-11,13H,3-9,15H2,1-2H3. The van der Waals surface area contributed by atoms with E-state index in [-0.39, 0.29) is 11.6 Å².